The summed E-state index contributed by atoms with van der Waals surface area (Å²) in [6, 6.07) is 1.79. The molecular formula is C28H28N4O3. The Morgan fingerprint density at radius 3 is 2.86 bits per heavy atom. The van der Waals surface area contributed by atoms with Gasteiger partial charge in [0.15, 0.2) is 11.6 Å². The number of rotatable bonds is 2. The number of H-pyrrole nitrogens is 2. The molecule has 1 aliphatic heterocycles. The summed E-state index contributed by atoms with van der Waals surface area (Å²) in [5, 5.41) is 0. The minimum absolute atomic E-state index is 0.150. The fourth-order valence-corrected chi connectivity index (χ4v) is 5.66. The van der Waals surface area contributed by atoms with E-state index >= 15 is 0 Å². The lowest BCUT2D eigenvalue weighted by Crippen LogP contribution is -2.32. The van der Waals surface area contributed by atoms with E-state index in [1.54, 1.807) is 18.5 Å². The molecular weight excluding hydrogens is 440 g/mol. The molecule has 0 spiro atoms. The molecule has 2 aromatic rings. The van der Waals surface area contributed by atoms with Gasteiger partial charge in [0.05, 0.1) is 17.7 Å². The highest BCUT2D eigenvalue weighted by atomic mass is 16.3. The van der Waals surface area contributed by atoms with E-state index in [1.807, 2.05) is 12.4 Å². The lowest BCUT2D eigenvalue weighted by Gasteiger charge is -2.31. The van der Waals surface area contributed by atoms with E-state index in [4.69, 9.17) is 9.41 Å². The van der Waals surface area contributed by atoms with Gasteiger partial charge in [-0.1, -0.05) is 0 Å². The maximum atomic E-state index is 13.4. The van der Waals surface area contributed by atoms with Crippen molar-refractivity contribution in [2.24, 2.45) is 10.9 Å². The molecule has 3 aliphatic carbocycles. The van der Waals surface area contributed by atoms with Gasteiger partial charge in [-0.3, -0.25) is 14.6 Å². The lowest BCUT2D eigenvalue weighted by molar-refractivity contribution is -0.113. The Labute approximate surface area is 203 Å². The van der Waals surface area contributed by atoms with Gasteiger partial charge in [-0.25, -0.2) is 0 Å². The van der Waals surface area contributed by atoms with Gasteiger partial charge in [-0.05, 0) is 61.9 Å². The van der Waals surface area contributed by atoms with Crippen LogP contribution < -0.4 is 0 Å². The van der Waals surface area contributed by atoms with Gasteiger partial charge in [0.25, 0.3) is 0 Å². The molecule has 4 aliphatic rings. The quantitative estimate of drug-likeness (QED) is 0.638. The molecule has 2 N–H and O–H groups in total. The minimum Gasteiger partial charge on any atom is -0.468 e. The van der Waals surface area contributed by atoms with Gasteiger partial charge >= 0.3 is 0 Å². The van der Waals surface area contributed by atoms with Crippen LogP contribution in [-0.4, -0.2) is 59.3 Å². The number of nitrogens with one attached hydrogen (secondary N) is 2. The molecule has 7 nitrogen and oxygen atoms in total. The number of fused-ring (bicyclic) bond motifs is 4. The second-order valence-corrected chi connectivity index (χ2v) is 9.84. The van der Waals surface area contributed by atoms with E-state index in [0.717, 1.165) is 47.4 Å². The monoisotopic (exact) mass is 468 g/mol. The van der Waals surface area contributed by atoms with Crippen molar-refractivity contribution < 1.29 is 14.0 Å². The molecule has 3 heterocycles. The third kappa shape index (κ3) is 3.76. The molecule has 178 valence electrons. The number of Topliss-reactive ketones (excluding diaryl/α,β-unsaturated/α-hetero) is 2. The number of aromatic nitrogens is 2. The van der Waals surface area contributed by atoms with E-state index in [1.165, 1.54) is 5.57 Å². The number of aromatic amines is 2. The predicted molar refractivity (Wildman–Crippen MR) is 136 cm³/mol. The Kier molecular flexibility index (Phi) is 5.29. The number of hydrogen-bond acceptors (Lipinski definition) is 5. The van der Waals surface area contributed by atoms with Crippen LogP contribution in [0.2, 0.25) is 0 Å². The Balaban J connectivity index is 1.71. The molecule has 7 heteroatoms. The molecule has 2 aromatic heterocycles. The Bertz CT molecular complexity index is 1420. The molecule has 1 atom stereocenters. The zero-order chi connectivity index (χ0) is 24.1. The van der Waals surface area contributed by atoms with Crippen molar-refractivity contribution in [1.29, 1.82) is 0 Å². The van der Waals surface area contributed by atoms with Crippen LogP contribution in [0.4, 0.5) is 0 Å². The highest BCUT2D eigenvalue weighted by molar-refractivity contribution is 6.38. The Morgan fingerprint density at radius 1 is 1.11 bits per heavy atom. The van der Waals surface area contributed by atoms with Gasteiger partial charge in [-0.15, -0.1) is 0 Å². The summed E-state index contributed by atoms with van der Waals surface area (Å²) >= 11 is 0. The van der Waals surface area contributed by atoms with Crippen LogP contribution in [0, 0.1) is 5.92 Å². The summed E-state index contributed by atoms with van der Waals surface area (Å²) < 4.78 is 5.83. The molecule has 1 saturated carbocycles. The minimum atomic E-state index is -0.196. The number of aliphatic imine (C=N–C) groups is 1. The normalized spacial score (nSPS) is 24.4. The second-order valence-electron chi connectivity index (χ2n) is 9.84. The zero-order valence-corrected chi connectivity index (χ0v) is 20.0. The van der Waals surface area contributed by atoms with Crippen molar-refractivity contribution in [1.82, 2.24) is 14.9 Å². The van der Waals surface area contributed by atoms with Crippen LogP contribution in [0.25, 0.3) is 17.2 Å². The molecule has 6 rings (SSSR count). The SMILES string of the molecule is CN(C)C[C@@H]1CCC2=C/C3=C4/C(=O)CC(=O)c5cc(occ[nH]c54)CC/N=C/1C2=Cc1c[nH]cc13. The summed E-state index contributed by atoms with van der Waals surface area (Å²) in [6.07, 6.45) is 13.8. The van der Waals surface area contributed by atoms with E-state index in [2.05, 4.69) is 41.1 Å². The largest absolute Gasteiger partial charge is 0.468 e. The fraction of sp³-hybridized carbons (Fsp3) is 0.321. The van der Waals surface area contributed by atoms with E-state index in [-0.39, 0.29) is 18.0 Å². The first-order chi connectivity index (χ1) is 17.0. The maximum Gasteiger partial charge on any atom is 0.173 e. The first kappa shape index (κ1) is 21.8. The number of allylic oxidation sites excluding steroid dienone is 5. The van der Waals surface area contributed by atoms with Crippen molar-refractivity contribution in [2.75, 3.05) is 27.2 Å². The standard InChI is InChI=1S/C28H28N4O3/c1-32(2)15-17-4-3-16-9-21-23-14-29-13-18(23)10-20(16)27(17)30-6-5-19-11-22-24(33)12-25(34)26(21)28(22)31-7-8-35-19/h7-11,13-14,17,29,31H,3-6,12,15H2,1-2H3/b8-7?,19-11?,26-21+,30-27-/t17-/m0/s1. The smallest absolute Gasteiger partial charge is 0.173 e. The van der Waals surface area contributed by atoms with Crippen molar-refractivity contribution in [3.63, 3.8) is 0 Å². The van der Waals surface area contributed by atoms with Gasteiger partial charge in [0.1, 0.15) is 12.0 Å². The lowest BCUT2D eigenvalue weighted by atomic mass is 9.78. The van der Waals surface area contributed by atoms with Gasteiger partial charge in [0.2, 0.25) is 0 Å². The number of carbonyl (C=O) groups excluding carboxylic acids is 2. The summed E-state index contributed by atoms with van der Waals surface area (Å²) in [4.78, 5) is 40.2. The second kappa shape index (κ2) is 8.50. The number of ketones is 2. The third-order valence-electron chi connectivity index (χ3n) is 7.19. The van der Waals surface area contributed by atoms with Crippen molar-refractivity contribution >= 4 is 34.5 Å². The zero-order valence-electron chi connectivity index (χ0n) is 20.0. The van der Waals surface area contributed by atoms with E-state index in [0.29, 0.717) is 41.5 Å². The van der Waals surface area contributed by atoms with Crippen LogP contribution in [0.5, 0.6) is 0 Å². The highest BCUT2D eigenvalue weighted by Gasteiger charge is 2.34. The average Bonchev–Trinajstić information content (AvgIpc) is 3.19. The van der Waals surface area contributed by atoms with Crippen molar-refractivity contribution in [3.8, 4) is 0 Å². The fourth-order valence-electron chi connectivity index (χ4n) is 5.66. The highest BCUT2D eigenvalue weighted by Crippen LogP contribution is 2.42. The van der Waals surface area contributed by atoms with Crippen molar-refractivity contribution in [3.05, 3.63) is 76.3 Å². The van der Waals surface area contributed by atoms with Gasteiger partial charge in [-0.2, -0.15) is 0 Å². The number of carbonyl (C=O) groups is 2. The van der Waals surface area contributed by atoms with Crippen LogP contribution >= 0.6 is 0 Å². The number of hydrogen-bond donors (Lipinski definition) is 2. The van der Waals surface area contributed by atoms with Crippen LogP contribution in [0.1, 0.15) is 52.2 Å². The topological polar surface area (TPSA) is 94.5 Å². The molecule has 0 amide bonds. The molecule has 1 fully saturated rings. The van der Waals surface area contributed by atoms with Gasteiger partial charge in [0, 0.05) is 66.4 Å². The van der Waals surface area contributed by atoms with Gasteiger partial charge < -0.3 is 19.3 Å². The first-order valence-corrected chi connectivity index (χ1v) is 12.1. The maximum absolute atomic E-state index is 13.4. The molecule has 0 saturated heterocycles. The number of nitrogens with zero attached hydrogens (tertiary/aromatic N) is 2. The van der Waals surface area contributed by atoms with Crippen molar-refractivity contribution in [2.45, 2.75) is 25.7 Å². The molecule has 8 bridgehead atoms. The van der Waals surface area contributed by atoms with E-state index < -0.39 is 0 Å². The summed E-state index contributed by atoms with van der Waals surface area (Å²) in [5.41, 5.74) is 7.86. The average molecular weight is 469 g/mol. The molecule has 0 unspecified atom stereocenters. The van der Waals surface area contributed by atoms with Crippen LogP contribution in [0.15, 0.2) is 57.6 Å². The molecule has 0 aromatic carbocycles. The summed E-state index contributed by atoms with van der Waals surface area (Å²) in [7, 11) is 4.20. The third-order valence-corrected chi connectivity index (χ3v) is 7.19. The summed E-state index contributed by atoms with van der Waals surface area (Å²) in [5.74, 6) is 0.623. The van der Waals surface area contributed by atoms with Crippen LogP contribution in [0.3, 0.4) is 0 Å². The van der Waals surface area contributed by atoms with E-state index in [9.17, 15) is 9.59 Å². The Morgan fingerprint density at radius 2 is 2.00 bits per heavy atom. The Hall–Kier alpha value is -3.71. The van der Waals surface area contributed by atoms with Crippen LogP contribution in [-0.2, 0) is 11.2 Å². The predicted octanol–water partition coefficient (Wildman–Crippen LogP) is 4.42. The summed E-state index contributed by atoms with van der Waals surface area (Å²) in [6.45, 7) is 1.48. The molecule has 0 radical (unpaired) electrons. The first-order valence-electron chi connectivity index (χ1n) is 12.1. The molecule has 35 heavy (non-hydrogen) atoms.